The topological polar surface area (TPSA) is 117 Å². The highest BCUT2D eigenvalue weighted by molar-refractivity contribution is 6.08. The van der Waals surface area contributed by atoms with Crippen molar-refractivity contribution in [3.05, 3.63) is 54.1 Å². The fraction of sp³-hybridized carbons (Fsp3) is 0.407. The summed E-state index contributed by atoms with van der Waals surface area (Å²) in [5.41, 5.74) is 4.31. The summed E-state index contributed by atoms with van der Waals surface area (Å²) in [7, 11) is 1.79. The summed E-state index contributed by atoms with van der Waals surface area (Å²) in [5, 5.41) is 35.2. The van der Waals surface area contributed by atoms with Gasteiger partial charge in [-0.15, -0.1) is 0 Å². The van der Waals surface area contributed by atoms with E-state index in [1.54, 1.807) is 24.0 Å². The van der Waals surface area contributed by atoms with Crippen LogP contribution in [0.4, 0.5) is 5.82 Å². The van der Waals surface area contributed by atoms with Crippen molar-refractivity contribution in [2.75, 3.05) is 44.7 Å². The number of aliphatic hydroxyl groups excluding tert-OH is 1. The first kappa shape index (κ1) is 25.4. The number of nitrogens with zero attached hydrogens (tertiary/aromatic N) is 6. The zero-order valence-corrected chi connectivity index (χ0v) is 21.4. The van der Waals surface area contributed by atoms with Crippen molar-refractivity contribution < 1.29 is 5.11 Å². The Morgan fingerprint density at radius 3 is 2.58 bits per heavy atom. The summed E-state index contributed by atoms with van der Waals surface area (Å²) in [6.07, 6.45) is 7.92. The maximum atomic E-state index is 10.4. The third kappa shape index (κ3) is 5.25. The SMILES string of the molecule is CN/C=C(\C=N)c1cc(-c2ccc(N3CCN(CC(O)C(C)(C)C)CC3)nc2)c2c(C#N)cnn2c1. The van der Waals surface area contributed by atoms with Crippen LogP contribution in [-0.2, 0) is 0 Å². The number of pyridine rings is 2. The van der Waals surface area contributed by atoms with Crippen LogP contribution in [0.1, 0.15) is 31.9 Å². The summed E-state index contributed by atoms with van der Waals surface area (Å²) in [4.78, 5) is 9.33. The van der Waals surface area contributed by atoms with Crippen molar-refractivity contribution in [2.24, 2.45) is 5.41 Å². The van der Waals surface area contributed by atoms with E-state index in [9.17, 15) is 10.4 Å². The van der Waals surface area contributed by atoms with E-state index < -0.39 is 0 Å². The van der Waals surface area contributed by atoms with Crippen LogP contribution >= 0.6 is 0 Å². The van der Waals surface area contributed by atoms with E-state index in [-0.39, 0.29) is 11.5 Å². The second kappa shape index (κ2) is 10.5. The molecule has 0 saturated carbocycles. The Balaban J connectivity index is 1.58. The van der Waals surface area contributed by atoms with Gasteiger partial charge in [0.25, 0.3) is 0 Å². The lowest BCUT2D eigenvalue weighted by molar-refractivity contribution is 0.0269. The van der Waals surface area contributed by atoms with Gasteiger partial charge in [0.1, 0.15) is 11.9 Å². The highest BCUT2D eigenvalue weighted by atomic mass is 16.3. The van der Waals surface area contributed by atoms with Crippen LogP contribution < -0.4 is 10.2 Å². The smallest absolute Gasteiger partial charge is 0.128 e. The molecule has 1 aliphatic heterocycles. The van der Waals surface area contributed by atoms with Gasteiger partial charge in [0, 0.05) is 86.8 Å². The maximum absolute atomic E-state index is 10.4. The van der Waals surface area contributed by atoms with Crippen molar-refractivity contribution in [1.82, 2.24) is 24.8 Å². The van der Waals surface area contributed by atoms with E-state index in [2.05, 4.69) is 47.1 Å². The fourth-order valence-corrected chi connectivity index (χ4v) is 4.36. The molecule has 9 heteroatoms. The van der Waals surface area contributed by atoms with Crippen LogP contribution in [0.2, 0.25) is 0 Å². The van der Waals surface area contributed by atoms with Crippen LogP contribution in [0.3, 0.4) is 0 Å². The average Bonchev–Trinajstić information content (AvgIpc) is 3.30. The number of allylic oxidation sites excluding steroid dienone is 1. The van der Waals surface area contributed by atoms with E-state index >= 15 is 0 Å². The lowest BCUT2D eigenvalue weighted by Crippen LogP contribution is -2.50. The number of β-amino-alcohol motifs (C(OH)–C–C–N with tert-alkyl or cyclic N) is 1. The number of anilines is 1. The monoisotopic (exact) mass is 486 g/mol. The molecule has 9 nitrogen and oxygen atoms in total. The zero-order chi connectivity index (χ0) is 25.9. The molecule has 0 aliphatic carbocycles. The Labute approximate surface area is 212 Å². The van der Waals surface area contributed by atoms with Crippen molar-refractivity contribution in [3.63, 3.8) is 0 Å². The third-order valence-electron chi connectivity index (χ3n) is 6.71. The number of aliphatic hydroxyl groups is 1. The minimum absolute atomic E-state index is 0.125. The molecule has 4 rings (SSSR count). The number of piperazine rings is 1. The first-order chi connectivity index (χ1) is 17.2. The highest BCUT2D eigenvalue weighted by Gasteiger charge is 2.26. The van der Waals surface area contributed by atoms with E-state index in [0.717, 1.165) is 54.2 Å². The van der Waals surface area contributed by atoms with Gasteiger partial charge in [-0.25, -0.2) is 9.50 Å². The molecule has 1 fully saturated rings. The van der Waals surface area contributed by atoms with Gasteiger partial charge in [0.05, 0.1) is 23.4 Å². The molecule has 3 aromatic rings. The number of fused-ring (bicyclic) bond motifs is 1. The lowest BCUT2D eigenvalue weighted by Gasteiger charge is -2.38. The van der Waals surface area contributed by atoms with E-state index in [1.165, 1.54) is 6.21 Å². The zero-order valence-electron chi connectivity index (χ0n) is 21.4. The Morgan fingerprint density at radius 1 is 1.25 bits per heavy atom. The third-order valence-corrected chi connectivity index (χ3v) is 6.71. The van der Waals surface area contributed by atoms with Crippen LogP contribution in [0.5, 0.6) is 0 Å². The molecule has 0 aromatic carbocycles. The van der Waals surface area contributed by atoms with Gasteiger partial charge < -0.3 is 20.7 Å². The molecule has 3 aromatic heterocycles. The molecule has 36 heavy (non-hydrogen) atoms. The second-order valence-corrected chi connectivity index (χ2v) is 10.2. The molecule has 4 heterocycles. The van der Waals surface area contributed by atoms with E-state index in [1.807, 2.05) is 30.6 Å². The molecular formula is C27H34N8O. The van der Waals surface area contributed by atoms with Crippen LogP contribution in [0.15, 0.2) is 43.0 Å². The maximum Gasteiger partial charge on any atom is 0.128 e. The quantitative estimate of drug-likeness (QED) is 0.440. The molecule has 1 unspecified atom stereocenters. The van der Waals surface area contributed by atoms with Crippen LogP contribution in [-0.4, -0.2) is 76.7 Å². The minimum Gasteiger partial charge on any atom is -0.393 e. The Hall–Kier alpha value is -3.74. The predicted molar refractivity (Wildman–Crippen MR) is 143 cm³/mol. The summed E-state index contributed by atoms with van der Waals surface area (Å²) in [6, 6.07) is 8.25. The van der Waals surface area contributed by atoms with Crippen LogP contribution in [0.25, 0.3) is 22.2 Å². The first-order valence-corrected chi connectivity index (χ1v) is 12.2. The van der Waals surface area contributed by atoms with Gasteiger partial charge >= 0.3 is 0 Å². The van der Waals surface area contributed by atoms with Gasteiger partial charge in [-0.3, -0.25) is 4.90 Å². The normalized spacial score (nSPS) is 16.1. The molecule has 1 saturated heterocycles. The molecular weight excluding hydrogens is 452 g/mol. The standard InChI is InChI=1S/C27H34N8O/c1-27(2,3)24(36)18-33-7-9-34(10-8-33)25-6-5-19(15-31-25)23-11-20(21(12-28)14-30-4)17-35-26(23)22(13-29)16-32-35/h5-6,11-12,14-17,24,28,30,36H,7-10,18H2,1-4H3/b21-14+,28-12?. The van der Waals surface area contributed by atoms with Crippen molar-refractivity contribution in [2.45, 2.75) is 26.9 Å². The summed E-state index contributed by atoms with van der Waals surface area (Å²) < 4.78 is 1.69. The summed E-state index contributed by atoms with van der Waals surface area (Å²) in [5.74, 6) is 0.909. The lowest BCUT2D eigenvalue weighted by atomic mass is 9.89. The average molecular weight is 487 g/mol. The predicted octanol–water partition coefficient (Wildman–Crippen LogP) is 3.01. The van der Waals surface area contributed by atoms with Crippen LogP contribution in [0, 0.1) is 22.2 Å². The van der Waals surface area contributed by atoms with Crippen molar-refractivity contribution in [3.8, 4) is 17.2 Å². The molecule has 1 aliphatic rings. The van der Waals surface area contributed by atoms with Gasteiger partial charge in [-0.05, 0) is 23.6 Å². The molecule has 0 amide bonds. The van der Waals surface area contributed by atoms with Gasteiger partial charge in [0.2, 0.25) is 0 Å². The highest BCUT2D eigenvalue weighted by Crippen LogP contribution is 2.31. The second-order valence-electron chi connectivity index (χ2n) is 10.2. The molecule has 0 radical (unpaired) electrons. The van der Waals surface area contributed by atoms with Gasteiger partial charge in [0.15, 0.2) is 0 Å². The number of aromatic nitrogens is 3. The molecule has 0 spiro atoms. The molecule has 0 bridgehead atoms. The minimum atomic E-state index is -0.355. The summed E-state index contributed by atoms with van der Waals surface area (Å²) in [6.45, 7) is 10.3. The van der Waals surface area contributed by atoms with E-state index in [4.69, 9.17) is 10.4 Å². The number of hydrogen-bond donors (Lipinski definition) is 3. The van der Waals surface area contributed by atoms with E-state index in [0.29, 0.717) is 17.7 Å². The number of nitrogens with one attached hydrogen (secondary N) is 2. The molecule has 3 N–H and O–H groups in total. The Bertz CT molecular complexity index is 1290. The number of hydrogen-bond acceptors (Lipinski definition) is 8. The number of rotatable bonds is 7. The van der Waals surface area contributed by atoms with Crippen molar-refractivity contribution in [1.29, 1.82) is 10.7 Å². The Kier molecular flexibility index (Phi) is 7.38. The first-order valence-electron chi connectivity index (χ1n) is 12.2. The van der Waals surface area contributed by atoms with Gasteiger partial charge in [-0.1, -0.05) is 20.8 Å². The Morgan fingerprint density at radius 2 is 2.00 bits per heavy atom. The largest absolute Gasteiger partial charge is 0.393 e. The molecule has 1 atom stereocenters. The van der Waals surface area contributed by atoms with Crippen molar-refractivity contribution >= 4 is 23.1 Å². The fourth-order valence-electron chi connectivity index (χ4n) is 4.36. The van der Waals surface area contributed by atoms with Gasteiger partial charge in [-0.2, -0.15) is 10.4 Å². The summed E-state index contributed by atoms with van der Waals surface area (Å²) >= 11 is 0. The number of nitriles is 1. The molecule has 188 valence electrons.